The van der Waals surface area contributed by atoms with Crippen LogP contribution in [0.2, 0.25) is 0 Å². The number of pyridine rings is 1. The third-order valence-electron chi connectivity index (χ3n) is 8.33. The predicted octanol–water partition coefficient (Wildman–Crippen LogP) is 7.16. The van der Waals surface area contributed by atoms with E-state index in [1.54, 1.807) is 31.3 Å². The van der Waals surface area contributed by atoms with E-state index in [9.17, 15) is 36.2 Å². The maximum Gasteiger partial charge on any atom is 0.282 e. The molecule has 0 unspecified atom stereocenters. The summed E-state index contributed by atoms with van der Waals surface area (Å²) >= 11 is 0. The molecular weight excluding hydrogens is 726 g/mol. The molecule has 1 atom stereocenters. The van der Waals surface area contributed by atoms with Gasteiger partial charge < -0.3 is 16.2 Å². The molecule has 54 heavy (non-hydrogen) atoms. The molecule has 3 aromatic heterocycles. The minimum Gasteiger partial charge on any atom is -0.382 e. The molecule has 1 amide bonds. The number of carbonyl (C=O) groups is 1. The van der Waals surface area contributed by atoms with Crippen LogP contribution in [0.25, 0.3) is 22.0 Å². The van der Waals surface area contributed by atoms with E-state index in [0.29, 0.717) is 32.8 Å². The standard InChI is InChI=1S/C37H35F8N7O2/c1-36(2,54)12-10-23-8-9-24(25-6-4-7-26-33(25)51(3)50-35(26)46)31(47-23)27(16-20-14-21(40)17-22(41)15-20)48-29(53)19-52-28(18-39)30(32(49-52)34(42)43)37(44,45)11-5-13-38/h4,6-9,14-15,17,27,34,54H,5,11,13,16,18-19H2,1-3H3,(H2,46,50)(H,48,53)/t27-/m0/s1. The van der Waals surface area contributed by atoms with Crippen molar-refractivity contribution in [2.45, 2.75) is 70.3 Å². The van der Waals surface area contributed by atoms with Gasteiger partial charge in [-0.05, 0) is 68.5 Å². The topological polar surface area (TPSA) is 124 Å². The number of halogens is 8. The van der Waals surface area contributed by atoms with E-state index in [-0.39, 0.29) is 29.2 Å². The van der Waals surface area contributed by atoms with Crippen molar-refractivity contribution in [1.29, 1.82) is 0 Å². The minimum atomic E-state index is -4.10. The van der Waals surface area contributed by atoms with Crippen LogP contribution in [0.1, 0.15) is 73.1 Å². The Bertz CT molecular complexity index is 2210. The summed E-state index contributed by atoms with van der Waals surface area (Å²) in [4.78, 5) is 18.4. The van der Waals surface area contributed by atoms with Crippen LogP contribution in [0.3, 0.4) is 0 Å². The highest BCUT2D eigenvalue weighted by molar-refractivity contribution is 6.00. The van der Waals surface area contributed by atoms with Crippen molar-refractivity contribution in [2.24, 2.45) is 7.05 Å². The first-order valence-corrected chi connectivity index (χ1v) is 16.5. The molecule has 0 saturated heterocycles. The summed E-state index contributed by atoms with van der Waals surface area (Å²) in [6.07, 6.45) is -5.85. The summed E-state index contributed by atoms with van der Waals surface area (Å²) in [5, 5.41) is 21.2. The van der Waals surface area contributed by atoms with Gasteiger partial charge in [0, 0.05) is 36.0 Å². The first-order chi connectivity index (χ1) is 25.4. The molecule has 17 heteroatoms. The highest BCUT2D eigenvalue weighted by Crippen LogP contribution is 2.41. The molecular formula is C37H35F8N7O2. The van der Waals surface area contributed by atoms with Crippen LogP contribution in [0.15, 0.2) is 48.5 Å². The number of benzene rings is 2. The van der Waals surface area contributed by atoms with Crippen LogP contribution in [-0.2, 0) is 37.4 Å². The van der Waals surface area contributed by atoms with Gasteiger partial charge in [-0.3, -0.25) is 18.5 Å². The minimum absolute atomic E-state index is 0.0415. The van der Waals surface area contributed by atoms with Gasteiger partial charge in [-0.2, -0.15) is 10.2 Å². The van der Waals surface area contributed by atoms with E-state index in [1.165, 1.54) is 24.6 Å². The van der Waals surface area contributed by atoms with Crippen molar-refractivity contribution in [3.8, 4) is 23.0 Å². The first kappa shape index (κ1) is 39.7. The van der Waals surface area contributed by atoms with Gasteiger partial charge in [-0.25, -0.2) is 35.7 Å². The van der Waals surface area contributed by atoms with Crippen LogP contribution in [0, 0.1) is 23.5 Å². The second kappa shape index (κ2) is 15.8. The third kappa shape index (κ3) is 8.82. The summed E-state index contributed by atoms with van der Waals surface area (Å²) < 4.78 is 116. The van der Waals surface area contributed by atoms with Crippen molar-refractivity contribution >= 4 is 22.6 Å². The summed E-state index contributed by atoms with van der Waals surface area (Å²) in [6, 6.07) is 9.62. The number of hydrogen-bond acceptors (Lipinski definition) is 6. The SMILES string of the molecule is Cn1nc(N)c2cccc(-c3ccc(C#CC(C)(C)O)nc3[C@H](Cc3cc(F)cc(F)c3)NC(=O)Cn3nc(C(F)F)c(C(F)(F)CCCF)c3CF)c21. The number of nitrogens with one attached hydrogen (secondary N) is 1. The van der Waals surface area contributed by atoms with Gasteiger partial charge in [0.1, 0.15) is 41.8 Å². The number of amides is 1. The molecule has 0 aliphatic carbocycles. The Morgan fingerprint density at radius 2 is 1.72 bits per heavy atom. The number of carbonyl (C=O) groups excluding carboxylic acids is 1. The number of nitrogen functional groups attached to an aromatic ring is 1. The number of hydrogen-bond donors (Lipinski definition) is 3. The highest BCUT2D eigenvalue weighted by Gasteiger charge is 2.42. The molecule has 2 aromatic carbocycles. The normalized spacial score (nSPS) is 12.6. The molecule has 0 radical (unpaired) electrons. The van der Waals surface area contributed by atoms with Crippen LogP contribution < -0.4 is 11.1 Å². The van der Waals surface area contributed by atoms with Crippen LogP contribution in [-0.4, -0.2) is 47.8 Å². The molecule has 0 spiro atoms. The Hall–Kier alpha value is -5.50. The van der Waals surface area contributed by atoms with E-state index in [0.717, 1.165) is 12.1 Å². The number of anilines is 1. The largest absolute Gasteiger partial charge is 0.382 e. The van der Waals surface area contributed by atoms with Crippen molar-refractivity contribution < 1.29 is 45.0 Å². The first-order valence-electron chi connectivity index (χ1n) is 16.5. The number of para-hydroxylation sites is 1. The van der Waals surface area contributed by atoms with Crippen molar-refractivity contribution in [2.75, 3.05) is 12.4 Å². The predicted molar refractivity (Wildman–Crippen MR) is 184 cm³/mol. The number of aliphatic hydroxyl groups is 1. The quantitative estimate of drug-likeness (QED) is 0.0865. The Labute approximate surface area is 304 Å². The lowest BCUT2D eigenvalue weighted by Crippen LogP contribution is -2.34. The number of nitrogens with zero attached hydrogens (tertiary/aromatic N) is 5. The van der Waals surface area contributed by atoms with Gasteiger partial charge in [0.05, 0.1) is 35.2 Å². The summed E-state index contributed by atoms with van der Waals surface area (Å²) in [5.41, 5.74) is 2.42. The molecule has 286 valence electrons. The highest BCUT2D eigenvalue weighted by atomic mass is 19.3. The van der Waals surface area contributed by atoms with Crippen molar-refractivity contribution in [3.63, 3.8) is 0 Å². The van der Waals surface area contributed by atoms with Crippen molar-refractivity contribution in [3.05, 3.63) is 94.1 Å². The Morgan fingerprint density at radius 3 is 2.35 bits per heavy atom. The van der Waals surface area contributed by atoms with Gasteiger partial charge in [0.15, 0.2) is 5.82 Å². The van der Waals surface area contributed by atoms with Crippen LogP contribution in [0.4, 0.5) is 40.9 Å². The third-order valence-corrected chi connectivity index (χ3v) is 8.33. The average molecular weight is 762 g/mol. The molecule has 5 rings (SSSR count). The number of nitrogens with two attached hydrogens (primary N) is 1. The molecule has 0 bridgehead atoms. The molecule has 3 heterocycles. The van der Waals surface area contributed by atoms with Gasteiger partial charge in [-0.1, -0.05) is 18.1 Å². The molecule has 5 aromatic rings. The Kier molecular flexibility index (Phi) is 11.7. The Balaban J connectivity index is 1.67. The van der Waals surface area contributed by atoms with Crippen LogP contribution in [0.5, 0.6) is 0 Å². The zero-order valence-electron chi connectivity index (χ0n) is 29.2. The van der Waals surface area contributed by atoms with Gasteiger partial charge in [-0.15, -0.1) is 0 Å². The van der Waals surface area contributed by atoms with Crippen molar-refractivity contribution in [1.82, 2.24) is 29.9 Å². The zero-order chi connectivity index (χ0) is 39.5. The fourth-order valence-corrected chi connectivity index (χ4v) is 6.14. The molecule has 9 nitrogen and oxygen atoms in total. The average Bonchev–Trinajstić information content (AvgIpc) is 3.61. The summed E-state index contributed by atoms with van der Waals surface area (Å²) in [7, 11) is 1.64. The van der Waals surface area contributed by atoms with Gasteiger partial charge in [0.25, 0.3) is 12.3 Å². The van der Waals surface area contributed by atoms with Gasteiger partial charge >= 0.3 is 0 Å². The summed E-state index contributed by atoms with van der Waals surface area (Å²) in [6.45, 7) is -1.07. The second-order valence-electron chi connectivity index (χ2n) is 13.0. The smallest absolute Gasteiger partial charge is 0.282 e. The summed E-state index contributed by atoms with van der Waals surface area (Å²) in [5.74, 6) is -1.45. The number of alkyl halides is 6. The number of rotatable bonds is 13. The zero-order valence-corrected chi connectivity index (χ0v) is 29.2. The maximum absolute atomic E-state index is 15.1. The number of aromatic nitrogens is 5. The van der Waals surface area contributed by atoms with E-state index >= 15 is 8.78 Å². The van der Waals surface area contributed by atoms with Crippen LogP contribution >= 0.6 is 0 Å². The van der Waals surface area contributed by atoms with E-state index < -0.39 is 91.2 Å². The fraction of sp³-hybridized carbons (Fsp3) is 0.351. The lowest BCUT2D eigenvalue weighted by atomic mass is 9.93. The Morgan fingerprint density at radius 1 is 1.02 bits per heavy atom. The lowest BCUT2D eigenvalue weighted by Gasteiger charge is -2.23. The maximum atomic E-state index is 15.1. The monoisotopic (exact) mass is 761 g/mol. The molecule has 0 aliphatic rings. The molecule has 0 aliphatic heterocycles. The molecule has 0 saturated carbocycles. The number of fused-ring (bicyclic) bond motifs is 1. The van der Waals surface area contributed by atoms with E-state index in [4.69, 9.17) is 5.73 Å². The van der Waals surface area contributed by atoms with E-state index in [2.05, 4.69) is 32.3 Å². The van der Waals surface area contributed by atoms with E-state index in [1.807, 2.05) is 0 Å². The molecule has 0 fully saturated rings. The lowest BCUT2D eigenvalue weighted by molar-refractivity contribution is -0.122. The fourth-order valence-electron chi connectivity index (χ4n) is 6.14. The number of aryl methyl sites for hydroxylation is 1. The van der Waals surface area contributed by atoms with Gasteiger partial charge in [0.2, 0.25) is 5.91 Å². The molecule has 4 N–H and O–H groups in total. The second-order valence-corrected chi connectivity index (χ2v) is 13.0.